The fourth-order valence-corrected chi connectivity index (χ4v) is 2.98. The Hall–Kier alpha value is -2.14. The predicted molar refractivity (Wildman–Crippen MR) is 69.7 cm³/mol. The van der Waals surface area contributed by atoms with Crippen LogP contribution in [0.4, 0.5) is 0 Å². The van der Waals surface area contributed by atoms with E-state index in [-0.39, 0.29) is 16.2 Å². The largest absolute Gasteiger partial charge is 0.481 e. The summed E-state index contributed by atoms with van der Waals surface area (Å²) < 4.78 is 24.5. The van der Waals surface area contributed by atoms with Crippen molar-refractivity contribution in [2.24, 2.45) is 0 Å². The molecule has 4 nitrogen and oxygen atoms in total. The molecule has 0 bridgehead atoms. The number of hydrogen-bond acceptors (Lipinski definition) is 3. The Kier molecular flexibility index (Phi) is 3.66. The third-order valence-electron chi connectivity index (χ3n) is 2.64. The van der Waals surface area contributed by atoms with Gasteiger partial charge in [-0.3, -0.25) is 4.79 Å². The van der Waals surface area contributed by atoms with Crippen LogP contribution in [-0.2, 0) is 21.1 Å². The molecule has 5 heteroatoms. The van der Waals surface area contributed by atoms with Crippen LogP contribution >= 0.6 is 0 Å². The molecule has 0 aliphatic rings. The summed E-state index contributed by atoms with van der Waals surface area (Å²) in [5.74, 6) is -0.946. The van der Waals surface area contributed by atoms with Crippen molar-refractivity contribution >= 4 is 15.8 Å². The lowest BCUT2D eigenvalue weighted by Crippen LogP contribution is -2.03. The number of carboxylic acid groups (broad SMARTS) is 1. The van der Waals surface area contributed by atoms with Gasteiger partial charge < -0.3 is 5.11 Å². The van der Waals surface area contributed by atoms with Gasteiger partial charge in [0, 0.05) is 0 Å². The molecule has 2 rings (SSSR count). The van der Waals surface area contributed by atoms with Crippen LogP contribution in [0, 0.1) is 0 Å². The number of aliphatic carboxylic acids is 1. The predicted octanol–water partition coefficient (Wildman–Crippen LogP) is 2.15. The Morgan fingerprint density at radius 2 is 1.42 bits per heavy atom. The summed E-state index contributed by atoms with van der Waals surface area (Å²) in [7, 11) is -3.53. The second kappa shape index (κ2) is 5.24. The van der Waals surface area contributed by atoms with Gasteiger partial charge in [0.15, 0.2) is 0 Å². The number of carboxylic acids is 1. The van der Waals surface area contributed by atoms with Crippen molar-refractivity contribution < 1.29 is 18.3 Å². The Labute approximate surface area is 111 Å². The Bertz CT molecular complexity index is 673. The van der Waals surface area contributed by atoms with Crippen LogP contribution in [0.25, 0.3) is 0 Å². The molecular weight excluding hydrogens is 264 g/mol. The number of carbonyl (C=O) groups is 1. The lowest BCUT2D eigenvalue weighted by atomic mass is 10.2. The van der Waals surface area contributed by atoms with E-state index >= 15 is 0 Å². The molecule has 2 aromatic carbocycles. The molecule has 0 amide bonds. The van der Waals surface area contributed by atoms with Crippen molar-refractivity contribution in [3.05, 3.63) is 60.2 Å². The van der Waals surface area contributed by atoms with E-state index in [4.69, 9.17) is 5.11 Å². The zero-order valence-corrected chi connectivity index (χ0v) is 10.8. The third-order valence-corrected chi connectivity index (χ3v) is 4.43. The number of rotatable bonds is 4. The molecule has 0 aromatic heterocycles. The van der Waals surface area contributed by atoms with Crippen molar-refractivity contribution in [3.8, 4) is 0 Å². The van der Waals surface area contributed by atoms with Crippen molar-refractivity contribution in [2.75, 3.05) is 0 Å². The Morgan fingerprint density at radius 1 is 0.895 bits per heavy atom. The summed E-state index contributed by atoms with van der Waals surface area (Å²) in [6.45, 7) is 0. The normalized spacial score (nSPS) is 11.2. The van der Waals surface area contributed by atoms with Gasteiger partial charge in [-0.25, -0.2) is 8.42 Å². The van der Waals surface area contributed by atoms with Crippen LogP contribution in [-0.4, -0.2) is 19.5 Å². The molecule has 0 saturated heterocycles. The molecule has 2 aromatic rings. The minimum Gasteiger partial charge on any atom is -0.481 e. The molecule has 98 valence electrons. The summed E-state index contributed by atoms with van der Waals surface area (Å²) in [6.07, 6.45) is -0.119. The van der Waals surface area contributed by atoms with Crippen LogP contribution in [0.1, 0.15) is 5.56 Å². The average molecular weight is 276 g/mol. The fraction of sp³-hybridized carbons (Fsp3) is 0.0714. The van der Waals surface area contributed by atoms with Crippen LogP contribution in [0.5, 0.6) is 0 Å². The first-order valence-electron chi connectivity index (χ1n) is 5.61. The van der Waals surface area contributed by atoms with Crippen LogP contribution < -0.4 is 0 Å². The fourth-order valence-electron chi connectivity index (χ4n) is 1.70. The Balaban J connectivity index is 2.35. The molecule has 0 aliphatic heterocycles. The summed E-state index contributed by atoms with van der Waals surface area (Å²) >= 11 is 0. The van der Waals surface area contributed by atoms with Crippen molar-refractivity contribution in [3.63, 3.8) is 0 Å². The highest BCUT2D eigenvalue weighted by atomic mass is 32.2. The first-order chi connectivity index (χ1) is 9.00. The minimum atomic E-state index is -3.53. The molecule has 1 N–H and O–H groups in total. The molecule has 0 heterocycles. The third kappa shape index (κ3) is 3.00. The van der Waals surface area contributed by atoms with Gasteiger partial charge in [-0.05, 0) is 29.8 Å². The van der Waals surface area contributed by atoms with Gasteiger partial charge in [-0.1, -0.05) is 30.3 Å². The standard InChI is InChI=1S/C14H12O4S/c15-14(16)10-11-6-8-13(9-7-11)19(17,18)12-4-2-1-3-5-12/h1-9H,10H2,(H,15,16). The molecular formula is C14H12O4S. The molecule has 0 saturated carbocycles. The van der Waals surface area contributed by atoms with E-state index < -0.39 is 15.8 Å². The highest BCUT2D eigenvalue weighted by Crippen LogP contribution is 2.20. The average Bonchev–Trinajstić information content (AvgIpc) is 2.40. The quantitative estimate of drug-likeness (QED) is 0.928. The lowest BCUT2D eigenvalue weighted by molar-refractivity contribution is -0.136. The molecule has 0 spiro atoms. The maximum Gasteiger partial charge on any atom is 0.307 e. The summed E-state index contributed by atoms with van der Waals surface area (Å²) in [5, 5.41) is 8.66. The molecule has 19 heavy (non-hydrogen) atoms. The number of hydrogen-bond donors (Lipinski definition) is 1. The van der Waals surface area contributed by atoms with Gasteiger partial charge in [0.1, 0.15) is 0 Å². The van der Waals surface area contributed by atoms with Gasteiger partial charge in [0.2, 0.25) is 9.84 Å². The molecule has 0 fully saturated rings. The highest BCUT2D eigenvalue weighted by molar-refractivity contribution is 7.91. The highest BCUT2D eigenvalue weighted by Gasteiger charge is 2.16. The molecule has 0 atom stereocenters. The topological polar surface area (TPSA) is 71.4 Å². The first kappa shape index (κ1) is 13.3. The van der Waals surface area contributed by atoms with Crippen molar-refractivity contribution in [1.82, 2.24) is 0 Å². The minimum absolute atomic E-state index is 0.119. The maximum absolute atomic E-state index is 12.3. The molecule has 0 unspecified atom stereocenters. The van der Waals surface area contributed by atoms with E-state index in [1.807, 2.05) is 0 Å². The van der Waals surface area contributed by atoms with E-state index in [2.05, 4.69) is 0 Å². The van der Waals surface area contributed by atoms with E-state index in [1.54, 1.807) is 18.2 Å². The second-order valence-corrected chi connectivity index (χ2v) is 5.98. The monoisotopic (exact) mass is 276 g/mol. The lowest BCUT2D eigenvalue weighted by Gasteiger charge is -2.05. The first-order valence-corrected chi connectivity index (χ1v) is 7.09. The van der Waals surface area contributed by atoms with Gasteiger partial charge in [-0.15, -0.1) is 0 Å². The number of benzene rings is 2. The summed E-state index contributed by atoms with van der Waals surface area (Å²) in [4.78, 5) is 10.9. The van der Waals surface area contributed by atoms with E-state index in [9.17, 15) is 13.2 Å². The van der Waals surface area contributed by atoms with Gasteiger partial charge >= 0.3 is 5.97 Å². The van der Waals surface area contributed by atoms with E-state index in [0.29, 0.717) is 5.56 Å². The van der Waals surface area contributed by atoms with Crippen LogP contribution in [0.2, 0.25) is 0 Å². The maximum atomic E-state index is 12.3. The zero-order chi connectivity index (χ0) is 13.9. The smallest absolute Gasteiger partial charge is 0.307 e. The van der Waals surface area contributed by atoms with Gasteiger partial charge in [0.05, 0.1) is 16.2 Å². The Morgan fingerprint density at radius 3 is 1.95 bits per heavy atom. The van der Waals surface area contributed by atoms with Crippen molar-refractivity contribution in [2.45, 2.75) is 16.2 Å². The van der Waals surface area contributed by atoms with Crippen LogP contribution in [0.3, 0.4) is 0 Å². The van der Waals surface area contributed by atoms with Gasteiger partial charge in [-0.2, -0.15) is 0 Å². The van der Waals surface area contributed by atoms with E-state index in [0.717, 1.165) is 0 Å². The second-order valence-electron chi connectivity index (χ2n) is 4.03. The van der Waals surface area contributed by atoms with E-state index in [1.165, 1.54) is 36.4 Å². The zero-order valence-electron chi connectivity index (χ0n) is 9.98. The van der Waals surface area contributed by atoms with Crippen LogP contribution in [0.15, 0.2) is 64.4 Å². The summed E-state index contributed by atoms with van der Waals surface area (Å²) in [6, 6.07) is 14.0. The molecule has 0 radical (unpaired) electrons. The SMILES string of the molecule is O=C(O)Cc1ccc(S(=O)(=O)c2ccccc2)cc1. The number of sulfone groups is 1. The molecule has 0 aliphatic carbocycles. The van der Waals surface area contributed by atoms with Crippen molar-refractivity contribution in [1.29, 1.82) is 0 Å². The van der Waals surface area contributed by atoms with Gasteiger partial charge in [0.25, 0.3) is 0 Å². The summed E-state index contributed by atoms with van der Waals surface area (Å²) in [5.41, 5.74) is 0.569.